The fourth-order valence-corrected chi connectivity index (χ4v) is 2.00. The Bertz CT molecular complexity index is 144. The van der Waals surface area contributed by atoms with E-state index in [4.69, 9.17) is 21.1 Å². The molecule has 0 aliphatic rings. The molecule has 0 saturated carbocycles. The fraction of sp³-hybridized carbons (Fsp3) is 1.00. The van der Waals surface area contributed by atoms with Crippen molar-refractivity contribution in [3.05, 3.63) is 0 Å². The van der Waals surface area contributed by atoms with Gasteiger partial charge in [0.2, 0.25) is 0 Å². The minimum Gasteiger partial charge on any atom is -0.385 e. The first-order chi connectivity index (χ1) is 7.74. The summed E-state index contributed by atoms with van der Waals surface area (Å²) in [4.78, 5) is 0. The van der Waals surface area contributed by atoms with Crippen molar-refractivity contribution in [3.63, 3.8) is 0 Å². The second-order valence-electron chi connectivity index (χ2n) is 4.01. The fourth-order valence-electron chi connectivity index (χ4n) is 1.53. The smallest absolute Gasteiger partial charge is 0.0591 e. The summed E-state index contributed by atoms with van der Waals surface area (Å²) in [6.45, 7) is 7.46. The topological polar surface area (TPSA) is 30.5 Å². The minimum absolute atomic E-state index is 0.0808. The van der Waals surface area contributed by atoms with Crippen LogP contribution in [0.2, 0.25) is 0 Å². The quantitative estimate of drug-likeness (QED) is 0.452. The molecule has 0 spiro atoms. The Hall–Kier alpha value is 0.170. The molecule has 0 aliphatic heterocycles. The summed E-state index contributed by atoms with van der Waals surface area (Å²) in [6.07, 6.45) is 3.06. The van der Waals surface area contributed by atoms with Crippen LogP contribution in [0, 0.1) is 0 Å². The van der Waals surface area contributed by atoms with E-state index in [2.05, 4.69) is 19.2 Å². The van der Waals surface area contributed by atoms with Crippen LogP contribution in [-0.2, 0) is 9.47 Å². The van der Waals surface area contributed by atoms with E-state index in [0.29, 0.717) is 5.88 Å². The number of methoxy groups -OCH3 is 1. The molecule has 0 aromatic carbocycles. The van der Waals surface area contributed by atoms with Crippen LogP contribution in [0.25, 0.3) is 0 Å². The van der Waals surface area contributed by atoms with Crippen molar-refractivity contribution in [2.45, 2.75) is 38.6 Å². The van der Waals surface area contributed by atoms with E-state index in [-0.39, 0.29) is 5.54 Å². The lowest BCUT2D eigenvalue weighted by Gasteiger charge is -2.30. The van der Waals surface area contributed by atoms with Crippen LogP contribution in [0.3, 0.4) is 0 Å². The molecule has 3 nitrogen and oxygen atoms in total. The third kappa shape index (κ3) is 6.69. The number of nitrogens with one attached hydrogen (secondary N) is 1. The lowest BCUT2D eigenvalue weighted by molar-refractivity contribution is 0.0997. The highest BCUT2D eigenvalue weighted by atomic mass is 35.5. The molecule has 0 unspecified atom stereocenters. The van der Waals surface area contributed by atoms with Crippen LogP contribution < -0.4 is 5.32 Å². The lowest BCUT2D eigenvalue weighted by Crippen LogP contribution is -2.47. The highest BCUT2D eigenvalue weighted by Crippen LogP contribution is 2.16. The molecule has 0 saturated heterocycles. The summed E-state index contributed by atoms with van der Waals surface area (Å²) in [5, 5.41) is 3.48. The van der Waals surface area contributed by atoms with E-state index in [0.717, 1.165) is 45.6 Å². The lowest BCUT2D eigenvalue weighted by atomic mass is 9.95. The van der Waals surface area contributed by atoms with Gasteiger partial charge in [-0.25, -0.2) is 0 Å². The van der Waals surface area contributed by atoms with Crippen molar-refractivity contribution in [1.82, 2.24) is 5.32 Å². The molecule has 0 atom stereocenters. The monoisotopic (exact) mass is 251 g/mol. The van der Waals surface area contributed by atoms with Crippen LogP contribution in [0.15, 0.2) is 0 Å². The van der Waals surface area contributed by atoms with E-state index in [1.54, 1.807) is 7.11 Å². The van der Waals surface area contributed by atoms with Crippen LogP contribution in [-0.4, -0.2) is 44.9 Å². The molecule has 0 bridgehead atoms. The number of hydrogen-bond acceptors (Lipinski definition) is 3. The summed E-state index contributed by atoms with van der Waals surface area (Å²) in [6, 6.07) is 0. The second kappa shape index (κ2) is 10.3. The Morgan fingerprint density at radius 3 is 2.31 bits per heavy atom. The molecule has 0 amide bonds. The van der Waals surface area contributed by atoms with Crippen molar-refractivity contribution in [1.29, 1.82) is 0 Å². The maximum atomic E-state index is 5.99. The first kappa shape index (κ1) is 16.2. The Labute approximate surface area is 105 Å². The normalized spacial score (nSPS) is 12.0. The number of hydrogen-bond donors (Lipinski definition) is 1. The van der Waals surface area contributed by atoms with Crippen molar-refractivity contribution in [3.8, 4) is 0 Å². The summed E-state index contributed by atoms with van der Waals surface area (Å²) in [7, 11) is 1.71. The van der Waals surface area contributed by atoms with Gasteiger partial charge in [0.15, 0.2) is 0 Å². The molecule has 1 N–H and O–H groups in total. The first-order valence-corrected chi connectivity index (χ1v) is 6.65. The van der Waals surface area contributed by atoms with E-state index < -0.39 is 0 Å². The van der Waals surface area contributed by atoms with Gasteiger partial charge in [0.25, 0.3) is 0 Å². The zero-order valence-corrected chi connectivity index (χ0v) is 11.6. The molecule has 4 heteroatoms. The van der Waals surface area contributed by atoms with Gasteiger partial charge in [-0.3, -0.25) is 0 Å². The Morgan fingerprint density at radius 1 is 1.12 bits per heavy atom. The van der Waals surface area contributed by atoms with Crippen LogP contribution in [0.1, 0.15) is 33.1 Å². The molecule has 0 radical (unpaired) electrons. The Balaban J connectivity index is 3.48. The zero-order chi connectivity index (χ0) is 12.3. The van der Waals surface area contributed by atoms with Crippen LogP contribution >= 0.6 is 11.6 Å². The second-order valence-corrected chi connectivity index (χ2v) is 4.27. The Morgan fingerprint density at radius 2 is 1.81 bits per heavy atom. The van der Waals surface area contributed by atoms with Crippen LogP contribution in [0.5, 0.6) is 0 Å². The third-order valence-corrected chi connectivity index (χ3v) is 3.50. The highest BCUT2D eigenvalue weighted by molar-refractivity contribution is 6.18. The van der Waals surface area contributed by atoms with Crippen molar-refractivity contribution in [2.24, 2.45) is 0 Å². The first-order valence-electron chi connectivity index (χ1n) is 6.12. The van der Waals surface area contributed by atoms with E-state index in [1.807, 2.05) is 0 Å². The van der Waals surface area contributed by atoms with Gasteiger partial charge in [0.05, 0.1) is 6.61 Å². The largest absolute Gasteiger partial charge is 0.385 e. The van der Waals surface area contributed by atoms with Gasteiger partial charge < -0.3 is 14.8 Å². The SMILES string of the molecule is CCC(CC)(CCl)NCCOCCCOC. The van der Waals surface area contributed by atoms with Gasteiger partial charge in [-0.1, -0.05) is 13.8 Å². The molecular weight excluding hydrogens is 226 g/mol. The van der Waals surface area contributed by atoms with Crippen molar-refractivity contribution < 1.29 is 9.47 Å². The van der Waals surface area contributed by atoms with Gasteiger partial charge in [-0.15, -0.1) is 11.6 Å². The predicted molar refractivity (Wildman–Crippen MR) is 69.3 cm³/mol. The van der Waals surface area contributed by atoms with Gasteiger partial charge in [0.1, 0.15) is 0 Å². The molecule has 0 rings (SSSR count). The summed E-state index contributed by atoms with van der Waals surface area (Å²) in [5.41, 5.74) is 0.0808. The Kier molecular flexibility index (Phi) is 10.4. The maximum Gasteiger partial charge on any atom is 0.0591 e. The van der Waals surface area contributed by atoms with E-state index in [1.165, 1.54) is 0 Å². The minimum atomic E-state index is 0.0808. The molecule has 0 aromatic rings. The van der Waals surface area contributed by atoms with Gasteiger partial charge in [0, 0.05) is 38.3 Å². The van der Waals surface area contributed by atoms with Gasteiger partial charge in [-0.2, -0.15) is 0 Å². The van der Waals surface area contributed by atoms with E-state index >= 15 is 0 Å². The van der Waals surface area contributed by atoms with Crippen molar-refractivity contribution in [2.75, 3.05) is 39.4 Å². The molecule has 0 heterocycles. The van der Waals surface area contributed by atoms with Gasteiger partial charge >= 0.3 is 0 Å². The van der Waals surface area contributed by atoms with Crippen LogP contribution in [0.4, 0.5) is 0 Å². The number of halogens is 1. The van der Waals surface area contributed by atoms with Gasteiger partial charge in [-0.05, 0) is 19.3 Å². The summed E-state index contributed by atoms with van der Waals surface area (Å²) in [5.74, 6) is 0.656. The molecule has 16 heavy (non-hydrogen) atoms. The highest BCUT2D eigenvalue weighted by Gasteiger charge is 2.23. The number of ether oxygens (including phenoxy) is 2. The average Bonchev–Trinajstić information content (AvgIpc) is 2.34. The maximum absolute atomic E-state index is 5.99. The molecule has 0 aliphatic carbocycles. The predicted octanol–water partition coefficient (Wildman–Crippen LogP) is 2.43. The third-order valence-electron chi connectivity index (χ3n) is 2.99. The van der Waals surface area contributed by atoms with E-state index in [9.17, 15) is 0 Å². The zero-order valence-electron chi connectivity index (χ0n) is 10.9. The molecule has 0 aromatic heterocycles. The molecule has 98 valence electrons. The number of rotatable bonds is 11. The average molecular weight is 252 g/mol. The molecule has 0 fully saturated rings. The summed E-state index contributed by atoms with van der Waals surface area (Å²) >= 11 is 5.99. The number of alkyl halides is 1. The molecular formula is C12H26ClNO2. The standard InChI is InChI=1S/C12H26ClNO2/c1-4-12(5-2,11-13)14-7-10-16-9-6-8-15-3/h14H,4-11H2,1-3H3. The van der Waals surface area contributed by atoms with Crippen molar-refractivity contribution >= 4 is 11.6 Å². The summed E-state index contributed by atoms with van der Waals surface area (Å²) < 4.78 is 10.4.